The minimum atomic E-state index is -3.76. The standard InChI is InChI=1S/C14H20ClN3O3S/c1-10(14(19)18-8-2-3-12(16)9-18)17-22(20,21)13-6-4-11(15)5-7-13/h4-7,10,12,17H,2-3,8-9,16H2,1H3. The Bertz CT molecular complexity index is 633. The Morgan fingerprint density at radius 2 is 2.05 bits per heavy atom. The van der Waals surface area contributed by atoms with Gasteiger partial charge in [0, 0.05) is 24.2 Å². The van der Waals surface area contributed by atoms with Gasteiger partial charge >= 0.3 is 0 Å². The molecule has 1 aromatic rings. The number of likely N-dealkylation sites (tertiary alicyclic amines) is 1. The summed E-state index contributed by atoms with van der Waals surface area (Å²) in [6.45, 7) is 2.61. The van der Waals surface area contributed by atoms with Gasteiger partial charge in [-0.3, -0.25) is 4.79 Å². The van der Waals surface area contributed by atoms with Crippen LogP contribution in [0.15, 0.2) is 29.2 Å². The number of hydrogen-bond acceptors (Lipinski definition) is 4. The number of piperidine rings is 1. The van der Waals surface area contributed by atoms with Gasteiger partial charge in [0.05, 0.1) is 10.9 Å². The normalized spacial score (nSPS) is 20.7. The number of amides is 1. The summed E-state index contributed by atoms with van der Waals surface area (Å²) >= 11 is 5.75. The first-order chi connectivity index (χ1) is 10.3. The molecule has 22 heavy (non-hydrogen) atoms. The lowest BCUT2D eigenvalue weighted by Crippen LogP contribution is -2.52. The number of carbonyl (C=O) groups is 1. The van der Waals surface area contributed by atoms with E-state index in [1.54, 1.807) is 4.90 Å². The summed E-state index contributed by atoms with van der Waals surface area (Å²) < 4.78 is 26.9. The Morgan fingerprint density at radius 1 is 1.41 bits per heavy atom. The van der Waals surface area contributed by atoms with Gasteiger partial charge in [-0.25, -0.2) is 8.42 Å². The van der Waals surface area contributed by atoms with Gasteiger partial charge in [-0.15, -0.1) is 0 Å². The molecule has 6 nitrogen and oxygen atoms in total. The molecule has 8 heteroatoms. The first kappa shape index (κ1) is 17.2. The van der Waals surface area contributed by atoms with E-state index in [4.69, 9.17) is 17.3 Å². The molecule has 1 fully saturated rings. The number of carbonyl (C=O) groups excluding carboxylic acids is 1. The van der Waals surface area contributed by atoms with Crippen LogP contribution in [0.3, 0.4) is 0 Å². The van der Waals surface area contributed by atoms with Crippen molar-refractivity contribution in [3.05, 3.63) is 29.3 Å². The van der Waals surface area contributed by atoms with Crippen LogP contribution in [0.4, 0.5) is 0 Å². The van der Waals surface area contributed by atoms with Crippen LogP contribution in [0.25, 0.3) is 0 Å². The lowest BCUT2D eigenvalue weighted by Gasteiger charge is -2.32. The molecule has 0 saturated carbocycles. The molecule has 1 amide bonds. The molecule has 0 radical (unpaired) electrons. The fraction of sp³-hybridized carbons (Fsp3) is 0.500. The molecule has 3 N–H and O–H groups in total. The molecule has 1 aliphatic rings. The van der Waals surface area contributed by atoms with E-state index >= 15 is 0 Å². The number of nitrogens with one attached hydrogen (secondary N) is 1. The lowest BCUT2D eigenvalue weighted by atomic mass is 10.1. The summed E-state index contributed by atoms with van der Waals surface area (Å²) in [6.07, 6.45) is 1.72. The molecule has 1 heterocycles. The van der Waals surface area contributed by atoms with Crippen molar-refractivity contribution in [3.8, 4) is 0 Å². The van der Waals surface area contributed by atoms with E-state index in [0.717, 1.165) is 12.8 Å². The van der Waals surface area contributed by atoms with Crippen LogP contribution in [-0.2, 0) is 14.8 Å². The maximum Gasteiger partial charge on any atom is 0.241 e. The summed E-state index contributed by atoms with van der Waals surface area (Å²) in [5, 5.41) is 0.449. The smallest absolute Gasteiger partial charge is 0.241 e. The van der Waals surface area contributed by atoms with Crippen LogP contribution in [0.1, 0.15) is 19.8 Å². The summed E-state index contributed by atoms with van der Waals surface area (Å²) in [6, 6.07) is 4.90. The van der Waals surface area contributed by atoms with Crippen molar-refractivity contribution in [2.24, 2.45) is 5.73 Å². The summed E-state index contributed by atoms with van der Waals surface area (Å²) in [4.78, 5) is 14.0. The molecular formula is C14H20ClN3O3S. The number of halogens is 1. The highest BCUT2D eigenvalue weighted by molar-refractivity contribution is 7.89. The Kier molecular flexibility index (Phi) is 5.44. The minimum absolute atomic E-state index is 0.0437. The Labute approximate surface area is 135 Å². The summed E-state index contributed by atoms with van der Waals surface area (Å²) in [5.41, 5.74) is 5.85. The highest BCUT2D eigenvalue weighted by Gasteiger charge is 2.28. The zero-order chi connectivity index (χ0) is 16.3. The predicted octanol–water partition coefficient (Wildman–Crippen LogP) is 0.957. The van der Waals surface area contributed by atoms with E-state index in [9.17, 15) is 13.2 Å². The number of benzene rings is 1. The lowest BCUT2D eigenvalue weighted by molar-refractivity contribution is -0.133. The largest absolute Gasteiger partial charge is 0.340 e. The number of sulfonamides is 1. The first-order valence-electron chi connectivity index (χ1n) is 7.12. The molecule has 1 saturated heterocycles. The van der Waals surface area contributed by atoms with Crippen molar-refractivity contribution in [2.75, 3.05) is 13.1 Å². The van der Waals surface area contributed by atoms with Crippen molar-refractivity contribution < 1.29 is 13.2 Å². The first-order valence-corrected chi connectivity index (χ1v) is 8.98. The third-order valence-corrected chi connectivity index (χ3v) is 5.40. The molecule has 0 aliphatic carbocycles. The van der Waals surface area contributed by atoms with Crippen LogP contribution < -0.4 is 10.5 Å². The highest BCUT2D eigenvalue weighted by Crippen LogP contribution is 2.15. The summed E-state index contributed by atoms with van der Waals surface area (Å²) in [5.74, 6) is -0.257. The minimum Gasteiger partial charge on any atom is -0.340 e. The second-order valence-corrected chi connectivity index (χ2v) is 7.63. The van der Waals surface area contributed by atoms with Gasteiger partial charge in [0.1, 0.15) is 0 Å². The number of hydrogen-bond donors (Lipinski definition) is 2. The van der Waals surface area contributed by atoms with E-state index < -0.39 is 16.1 Å². The molecule has 0 spiro atoms. The Morgan fingerprint density at radius 3 is 2.64 bits per heavy atom. The average molecular weight is 346 g/mol. The number of nitrogens with zero attached hydrogens (tertiary/aromatic N) is 1. The van der Waals surface area contributed by atoms with E-state index in [1.807, 2.05) is 0 Å². The van der Waals surface area contributed by atoms with Crippen molar-refractivity contribution in [1.82, 2.24) is 9.62 Å². The van der Waals surface area contributed by atoms with Gasteiger partial charge in [0.2, 0.25) is 15.9 Å². The Hall–Kier alpha value is -1.15. The monoisotopic (exact) mass is 345 g/mol. The molecule has 2 atom stereocenters. The fourth-order valence-corrected chi connectivity index (χ4v) is 3.77. The molecule has 0 bridgehead atoms. The van der Waals surface area contributed by atoms with Crippen LogP contribution in [0.5, 0.6) is 0 Å². The third-order valence-electron chi connectivity index (χ3n) is 3.60. The fourth-order valence-electron chi connectivity index (χ4n) is 2.45. The van der Waals surface area contributed by atoms with Gasteiger partial charge < -0.3 is 10.6 Å². The van der Waals surface area contributed by atoms with Gasteiger partial charge in [-0.2, -0.15) is 4.72 Å². The Balaban J connectivity index is 2.05. The molecular weight excluding hydrogens is 326 g/mol. The second-order valence-electron chi connectivity index (χ2n) is 5.48. The van der Waals surface area contributed by atoms with Crippen LogP contribution in [-0.4, -0.2) is 44.4 Å². The van der Waals surface area contributed by atoms with Gasteiger partial charge in [-0.1, -0.05) is 11.6 Å². The van der Waals surface area contributed by atoms with Crippen molar-refractivity contribution in [1.29, 1.82) is 0 Å². The van der Waals surface area contributed by atoms with Crippen LogP contribution in [0.2, 0.25) is 5.02 Å². The van der Waals surface area contributed by atoms with Gasteiger partial charge in [0.25, 0.3) is 0 Å². The molecule has 2 rings (SSSR count). The number of rotatable bonds is 4. The molecule has 2 unspecified atom stereocenters. The maximum atomic E-state index is 12.3. The van der Waals surface area contributed by atoms with Crippen molar-refractivity contribution in [3.63, 3.8) is 0 Å². The van der Waals surface area contributed by atoms with Gasteiger partial charge in [-0.05, 0) is 44.0 Å². The van der Waals surface area contributed by atoms with Gasteiger partial charge in [0.15, 0.2) is 0 Å². The number of nitrogens with two attached hydrogens (primary N) is 1. The zero-order valence-electron chi connectivity index (χ0n) is 12.3. The molecule has 1 aliphatic heterocycles. The van der Waals surface area contributed by atoms with E-state index in [0.29, 0.717) is 18.1 Å². The maximum absolute atomic E-state index is 12.3. The summed E-state index contributed by atoms with van der Waals surface area (Å²) in [7, 11) is -3.76. The SMILES string of the molecule is CC(NS(=O)(=O)c1ccc(Cl)cc1)C(=O)N1CCCC(N)C1. The van der Waals surface area contributed by atoms with Crippen LogP contribution in [0, 0.1) is 0 Å². The van der Waals surface area contributed by atoms with E-state index in [1.165, 1.54) is 31.2 Å². The molecule has 122 valence electrons. The molecule has 0 aromatic heterocycles. The third kappa shape index (κ3) is 4.19. The topological polar surface area (TPSA) is 92.5 Å². The molecule has 1 aromatic carbocycles. The van der Waals surface area contributed by atoms with Crippen molar-refractivity contribution >= 4 is 27.5 Å². The van der Waals surface area contributed by atoms with E-state index in [-0.39, 0.29) is 16.8 Å². The quantitative estimate of drug-likeness (QED) is 0.850. The average Bonchev–Trinajstić information content (AvgIpc) is 2.46. The highest BCUT2D eigenvalue weighted by atomic mass is 35.5. The predicted molar refractivity (Wildman–Crippen MR) is 85.0 cm³/mol. The zero-order valence-corrected chi connectivity index (χ0v) is 13.9. The van der Waals surface area contributed by atoms with Crippen LogP contribution >= 0.6 is 11.6 Å². The second kappa shape index (κ2) is 6.95. The van der Waals surface area contributed by atoms with Crippen molar-refractivity contribution in [2.45, 2.75) is 36.7 Å². The van der Waals surface area contributed by atoms with E-state index in [2.05, 4.69) is 4.72 Å².